The Morgan fingerprint density at radius 2 is 2.03 bits per heavy atom. The van der Waals surface area contributed by atoms with Crippen molar-refractivity contribution in [3.63, 3.8) is 0 Å². The molecule has 0 radical (unpaired) electrons. The molecule has 0 spiro atoms. The number of thiophene rings is 1. The molecule has 3 aromatic heterocycles. The van der Waals surface area contributed by atoms with E-state index in [9.17, 15) is 4.79 Å². The first-order chi connectivity index (χ1) is 14.2. The van der Waals surface area contributed by atoms with Gasteiger partial charge in [0.15, 0.2) is 10.1 Å². The molecule has 8 heteroatoms. The van der Waals surface area contributed by atoms with Crippen molar-refractivity contribution in [3.05, 3.63) is 74.7 Å². The first kappa shape index (κ1) is 18.4. The number of carbonyl (C=O) groups excluding carboxylic acids is 1. The highest BCUT2D eigenvalue weighted by atomic mass is 35.5. The van der Waals surface area contributed by atoms with Crippen molar-refractivity contribution in [2.45, 2.75) is 13.0 Å². The summed E-state index contributed by atoms with van der Waals surface area (Å²) in [6.45, 7) is 1.96. The summed E-state index contributed by atoms with van der Waals surface area (Å²) in [6.07, 6.45) is 6.13. The SMILES string of the molecule is O=C(/C=C/c1c(Cl)nc2sccn12)Nc1ccc(N2CCc3sccc3C2)cc1. The van der Waals surface area contributed by atoms with Crippen LogP contribution < -0.4 is 10.2 Å². The highest BCUT2D eigenvalue weighted by molar-refractivity contribution is 7.15. The van der Waals surface area contributed by atoms with Gasteiger partial charge in [-0.3, -0.25) is 9.20 Å². The van der Waals surface area contributed by atoms with E-state index in [1.165, 1.54) is 33.5 Å². The van der Waals surface area contributed by atoms with Crippen LogP contribution in [0.15, 0.2) is 53.4 Å². The van der Waals surface area contributed by atoms with Gasteiger partial charge in [-0.25, -0.2) is 4.98 Å². The number of hydrogen-bond acceptors (Lipinski definition) is 5. The lowest BCUT2D eigenvalue weighted by molar-refractivity contribution is -0.111. The summed E-state index contributed by atoms with van der Waals surface area (Å²) in [4.78, 5) is 21.2. The number of hydrogen-bond donors (Lipinski definition) is 1. The van der Waals surface area contributed by atoms with Crippen LogP contribution in [0.4, 0.5) is 11.4 Å². The van der Waals surface area contributed by atoms with Gasteiger partial charge in [0, 0.05) is 47.0 Å². The average Bonchev–Trinajstić information content (AvgIpc) is 3.43. The van der Waals surface area contributed by atoms with Crippen molar-refractivity contribution in [3.8, 4) is 0 Å². The Hall–Kier alpha value is -2.61. The lowest BCUT2D eigenvalue weighted by Crippen LogP contribution is -2.29. The molecule has 0 bridgehead atoms. The van der Waals surface area contributed by atoms with Crippen LogP contribution in [0.5, 0.6) is 0 Å². The number of anilines is 2. The van der Waals surface area contributed by atoms with Crippen molar-refractivity contribution >= 4 is 62.6 Å². The molecule has 146 valence electrons. The zero-order chi connectivity index (χ0) is 19.8. The molecule has 0 atom stereocenters. The van der Waals surface area contributed by atoms with Gasteiger partial charge in [0.2, 0.25) is 5.91 Å². The van der Waals surface area contributed by atoms with Gasteiger partial charge in [0.25, 0.3) is 0 Å². The van der Waals surface area contributed by atoms with Crippen LogP contribution in [0.2, 0.25) is 5.15 Å². The van der Waals surface area contributed by atoms with Crippen LogP contribution in [-0.2, 0) is 17.8 Å². The molecule has 0 saturated heterocycles. The number of carbonyl (C=O) groups is 1. The third-order valence-corrected chi connectivity index (χ3v) is 7.01. The fourth-order valence-electron chi connectivity index (χ4n) is 3.49. The molecular formula is C21H17ClN4OS2. The summed E-state index contributed by atoms with van der Waals surface area (Å²) >= 11 is 9.50. The van der Waals surface area contributed by atoms with Crippen LogP contribution in [-0.4, -0.2) is 21.8 Å². The minimum atomic E-state index is -0.208. The summed E-state index contributed by atoms with van der Waals surface area (Å²) in [5.74, 6) is -0.208. The summed E-state index contributed by atoms with van der Waals surface area (Å²) in [7, 11) is 0. The zero-order valence-electron chi connectivity index (χ0n) is 15.3. The van der Waals surface area contributed by atoms with E-state index in [2.05, 4.69) is 38.8 Å². The van der Waals surface area contributed by atoms with Gasteiger partial charge < -0.3 is 10.2 Å². The van der Waals surface area contributed by atoms with E-state index < -0.39 is 0 Å². The van der Waals surface area contributed by atoms with Crippen LogP contribution in [0.25, 0.3) is 11.0 Å². The molecule has 29 heavy (non-hydrogen) atoms. The number of nitrogens with zero attached hydrogens (tertiary/aromatic N) is 3. The molecule has 1 N–H and O–H groups in total. The lowest BCUT2D eigenvalue weighted by Gasteiger charge is -2.29. The molecule has 0 aliphatic carbocycles. The second kappa shape index (κ2) is 7.67. The Bertz CT molecular complexity index is 1210. The van der Waals surface area contributed by atoms with Crippen LogP contribution in [0.3, 0.4) is 0 Å². The topological polar surface area (TPSA) is 49.6 Å². The number of aromatic nitrogens is 2. The Labute approximate surface area is 180 Å². The van der Waals surface area contributed by atoms with Gasteiger partial charge in [0.05, 0.1) is 5.69 Å². The minimum Gasteiger partial charge on any atom is -0.367 e. The molecule has 1 aromatic carbocycles. The maximum atomic E-state index is 12.3. The van der Waals surface area contributed by atoms with Crippen molar-refractivity contribution in [2.75, 3.05) is 16.8 Å². The number of amides is 1. The zero-order valence-corrected chi connectivity index (χ0v) is 17.7. The second-order valence-electron chi connectivity index (χ2n) is 6.75. The molecule has 0 unspecified atom stereocenters. The molecule has 4 aromatic rings. The van der Waals surface area contributed by atoms with Crippen molar-refractivity contribution in [2.24, 2.45) is 0 Å². The predicted octanol–water partition coefficient (Wildman–Crippen LogP) is 5.33. The van der Waals surface area contributed by atoms with E-state index >= 15 is 0 Å². The molecule has 1 amide bonds. The maximum absolute atomic E-state index is 12.3. The van der Waals surface area contributed by atoms with E-state index in [-0.39, 0.29) is 5.91 Å². The molecule has 5 rings (SSSR count). The highest BCUT2D eigenvalue weighted by Gasteiger charge is 2.17. The van der Waals surface area contributed by atoms with Gasteiger partial charge in [-0.2, -0.15) is 0 Å². The van der Waals surface area contributed by atoms with Gasteiger partial charge in [-0.1, -0.05) is 11.6 Å². The Morgan fingerprint density at radius 3 is 2.90 bits per heavy atom. The first-order valence-electron chi connectivity index (χ1n) is 9.18. The normalized spacial score (nSPS) is 13.9. The van der Waals surface area contributed by atoms with Crippen molar-refractivity contribution in [1.29, 1.82) is 0 Å². The lowest BCUT2D eigenvalue weighted by atomic mass is 10.1. The third-order valence-electron chi connectivity index (χ3n) is 4.95. The molecule has 1 aliphatic rings. The van der Waals surface area contributed by atoms with E-state index in [0.717, 1.165) is 30.2 Å². The number of thiazole rings is 1. The average molecular weight is 441 g/mol. The predicted molar refractivity (Wildman–Crippen MR) is 121 cm³/mol. The number of nitrogens with one attached hydrogen (secondary N) is 1. The van der Waals surface area contributed by atoms with Gasteiger partial charge in [-0.05, 0) is 53.8 Å². The molecule has 1 aliphatic heterocycles. The quantitative estimate of drug-likeness (QED) is 0.436. The molecule has 0 saturated carbocycles. The van der Waals surface area contributed by atoms with Crippen LogP contribution in [0.1, 0.15) is 16.1 Å². The van der Waals surface area contributed by atoms with Crippen molar-refractivity contribution in [1.82, 2.24) is 9.38 Å². The minimum absolute atomic E-state index is 0.208. The fourth-order valence-corrected chi connectivity index (χ4v) is 5.38. The molecular weight excluding hydrogens is 424 g/mol. The fraction of sp³-hybridized carbons (Fsp3) is 0.143. The van der Waals surface area contributed by atoms with Gasteiger partial charge >= 0.3 is 0 Å². The summed E-state index contributed by atoms with van der Waals surface area (Å²) in [6, 6.07) is 10.2. The number of imidazole rings is 1. The number of rotatable bonds is 4. The number of halogens is 1. The van der Waals surface area contributed by atoms with Crippen LogP contribution in [0, 0.1) is 0 Å². The second-order valence-corrected chi connectivity index (χ2v) is 8.99. The Kier molecular flexibility index (Phi) is 4.87. The van der Waals surface area contributed by atoms with Gasteiger partial charge in [-0.15, -0.1) is 22.7 Å². The Balaban J connectivity index is 1.25. The first-order valence-corrected chi connectivity index (χ1v) is 11.3. The largest absolute Gasteiger partial charge is 0.367 e. The van der Waals surface area contributed by atoms with E-state index in [4.69, 9.17) is 11.6 Å². The summed E-state index contributed by atoms with van der Waals surface area (Å²) in [5, 5.41) is 7.38. The standard InChI is InChI=1S/C21H17ClN4OS2/c22-20-17(26-10-12-29-21(26)24-20)5-6-19(27)23-15-1-3-16(4-2-15)25-9-7-18-14(13-25)8-11-28-18/h1-6,8,10-12H,7,9,13H2,(H,23,27)/b6-5+. The monoisotopic (exact) mass is 440 g/mol. The Morgan fingerprint density at radius 1 is 1.17 bits per heavy atom. The number of benzene rings is 1. The van der Waals surface area contributed by atoms with Gasteiger partial charge in [0.1, 0.15) is 0 Å². The van der Waals surface area contributed by atoms with Crippen molar-refractivity contribution < 1.29 is 4.79 Å². The number of fused-ring (bicyclic) bond motifs is 2. The highest BCUT2D eigenvalue weighted by Crippen LogP contribution is 2.28. The van der Waals surface area contributed by atoms with E-state index in [1.807, 2.05) is 39.4 Å². The van der Waals surface area contributed by atoms with E-state index in [1.54, 1.807) is 6.08 Å². The van der Waals surface area contributed by atoms with Crippen LogP contribution >= 0.6 is 34.3 Å². The molecule has 4 heterocycles. The summed E-state index contributed by atoms with van der Waals surface area (Å²) in [5.41, 5.74) is 4.05. The summed E-state index contributed by atoms with van der Waals surface area (Å²) < 4.78 is 1.86. The third kappa shape index (κ3) is 3.69. The molecule has 5 nitrogen and oxygen atoms in total. The van der Waals surface area contributed by atoms with E-state index in [0.29, 0.717) is 10.8 Å². The maximum Gasteiger partial charge on any atom is 0.248 e. The smallest absolute Gasteiger partial charge is 0.248 e. The molecule has 0 fully saturated rings.